The summed E-state index contributed by atoms with van der Waals surface area (Å²) in [6.45, 7) is 1.80. The highest BCUT2D eigenvalue weighted by atomic mass is 16.2. The lowest BCUT2D eigenvalue weighted by Gasteiger charge is -2.27. The van der Waals surface area contributed by atoms with E-state index in [1.54, 1.807) is 23.5 Å². The molecule has 0 aliphatic carbocycles. The van der Waals surface area contributed by atoms with Crippen LogP contribution < -0.4 is 5.73 Å². The van der Waals surface area contributed by atoms with E-state index < -0.39 is 0 Å². The number of nitrogens with zero attached hydrogens (tertiary/aromatic N) is 5. The Labute approximate surface area is 103 Å². The molecule has 2 aromatic heterocycles. The van der Waals surface area contributed by atoms with Gasteiger partial charge in [-0.3, -0.25) is 9.78 Å². The van der Waals surface area contributed by atoms with Crippen LogP contribution in [-0.4, -0.2) is 37.1 Å². The van der Waals surface area contributed by atoms with Gasteiger partial charge in [0, 0.05) is 19.3 Å². The van der Waals surface area contributed by atoms with Crippen LogP contribution in [0.5, 0.6) is 0 Å². The van der Waals surface area contributed by atoms with Crippen molar-refractivity contribution in [1.29, 1.82) is 0 Å². The Balaban J connectivity index is 1.85. The minimum absolute atomic E-state index is 0.0934. The standard InChI is InChI=1S/C11H12N6O/c12-9-5-13-2-1-8(9)11(18)16-3-4-17-7-14-15-10(17)6-16/h1-2,5,7H,3-4,6,12H2. The van der Waals surface area contributed by atoms with Gasteiger partial charge < -0.3 is 15.2 Å². The van der Waals surface area contributed by atoms with Crippen molar-refractivity contribution in [2.45, 2.75) is 13.1 Å². The highest BCUT2D eigenvalue weighted by Crippen LogP contribution is 2.16. The molecule has 0 saturated heterocycles. The summed E-state index contributed by atoms with van der Waals surface area (Å²) in [6.07, 6.45) is 4.73. The first-order valence-corrected chi connectivity index (χ1v) is 5.61. The van der Waals surface area contributed by atoms with Crippen LogP contribution >= 0.6 is 0 Å². The second kappa shape index (κ2) is 4.10. The largest absolute Gasteiger partial charge is 0.397 e. The van der Waals surface area contributed by atoms with Crippen LogP contribution in [0.2, 0.25) is 0 Å². The van der Waals surface area contributed by atoms with E-state index in [0.717, 1.165) is 5.82 Å². The topological polar surface area (TPSA) is 89.9 Å². The van der Waals surface area contributed by atoms with Crippen molar-refractivity contribution in [3.05, 3.63) is 36.2 Å². The average Bonchev–Trinajstić information content (AvgIpc) is 2.85. The van der Waals surface area contributed by atoms with Gasteiger partial charge in [0.2, 0.25) is 0 Å². The van der Waals surface area contributed by atoms with E-state index in [1.165, 1.54) is 6.20 Å². The normalized spacial score (nSPS) is 14.3. The minimum Gasteiger partial charge on any atom is -0.397 e. The number of aromatic nitrogens is 4. The fourth-order valence-electron chi connectivity index (χ4n) is 2.01. The minimum atomic E-state index is -0.0934. The Morgan fingerprint density at radius 2 is 2.28 bits per heavy atom. The fraction of sp³-hybridized carbons (Fsp3) is 0.273. The van der Waals surface area contributed by atoms with Gasteiger partial charge in [-0.2, -0.15) is 0 Å². The number of hydrogen-bond donors (Lipinski definition) is 1. The van der Waals surface area contributed by atoms with Crippen molar-refractivity contribution >= 4 is 11.6 Å². The monoisotopic (exact) mass is 244 g/mol. The van der Waals surface area contributed by atoms with Crippen LogP contribution in [0.25, 0.3) is 0 Å². The van der Waals surface area contributed by atoms with E-state index in [2.05, 4.69) is 15.2 Å². The molecule has 0 radical (unpaired) electrons. The van der Waals surface area contributed by atoms with Crippen LogP contribution in [0, 0.1) is 0 Å². The van der Waals surface area contributed by atoms with E-state index in [0.29, 0.717) is 30.9 Å². The number of fused-ring (bicyclic) bond motifs is 1. The number of nitrogen functional groups attached to an aromatic ring is 1. The van der Waals surface area contributed by atoms with Crippen molar-refractivity contribution in [3.63, 3.8) is 0 Å². The lowest BCUT2D eigenvalue weighted by atomic mass is 10.2. The molecule has 0 aromatic carbocycles. The zero-order valence-electron chi connectivity index (χ0n) is 9.65. The van der Waals surface area contributed by atoms with Crippen molar-refractivity contribution < 1.29 is 4.79 Å². The third kappa shape index (κ3) is 1.69. The molecule has 7 heteroatoms. The molecule has 0 fully saturated rings. The Hall–Kier alpha value is -2.44. The van der Waals surface area contributed by atoms with Crippen molar-refractivity contribution in [2.24, 2.45) is 0 Å². The Kier molecular flexibility index (Phi) is 2.44. The van der Waals surface area contributed by atoms with Crippen LogP contribution in [0.4, 0.5) is 5.69 Å². The van der Waals surface area contributed by atoms with Gasteiger partial charge in [0.25, 0.3) is 5.91 Å². The van der Waals surface area contributed by atoms with Gasteiger partial charge in [-0.15, -0.1) is 10.2 Å². The first-order valence-electron chi connectivity index (χ1n) is 5.61. The molecule has 0 saturated carbocycles. The molecule has 2 N–H and O–H groups in total. The van der Waals surface area contributed by atoms with E-state index in [4.69, 9.17) is 5.73 Å². The lowest BCUT2D eigenvalue weighted by Crippen LogP contribution is -2.38. The predicted octanol–water partition coefficient (Wildman–Crippen LogP) is -0.0887. The number of pyridine rings is 1. The average molecular weight is 244 g/mol. The van der Waals surface area contributed by atoms with Crippen molar-refractivity contribution in [2.75, 3.05) is 12.3 Å². The molecule has 7 nitrogen and oxygen atoms in total. The van der Waals surface area contributed by atoms with Crippen molar-refractivity contribution in [3.8, 4) is 0 Å². The number of carbonyl (C=O) groups excluding carboxylic acids is 1. The zero-order chi connectivity index (χ0) is 12.5. The summed E-state index contributed by atoms with van der Waals surface area (Å²) < 4.78 is 1.94. The van der Waals surface area contributed by atoms with Crippen LogP contribution in [0.15, 0.2) is 24.8 Å². The molecular weight excluding hydrogens is 232 g/mol. The second-order valence-corrected chi connectivity index (χ2v) is 4.13. The highest BCUT2D eigenvalue weighted by Gasteiger charge is 2.23. The molecule has 0 unspecified atom stereocenters. The summed E-state index contributed by atoms with van der Waals surface area (Å²) in [5.41, 5.74) is 6.64. The molecule has 3 rings (SSSR count). The van der Waals surface area contributed by atoms with Gasteiger partial charge in [-0.1, -0.05) is 0 Å². The summed E-state index contributed by atoms with van der Waals surface area (Å²) in [5.74, 6) is 0.700. The third-order valence-corrected chi connectivity index (χ3v) is 3.01. The smallest absolute Gasteiger partial charge is 0.256 e. The number of rotatable bonds is 1. The van der Waals surface area contributed by atoms with E-state index in [9.17, 15) is 4.79 Å². The predicted molar refractivity (Wildman–Crippen MR) is 63.4 cm³/mol. The first-order chi connectivity index (χ1) is 8.75. The molecule has 18 heavy (non-hydrogen) atoms. The summed E-state index contributed by atoms with van der Waals surface area (Å²) in [5, 5.41) is 7.81. The Bertz CT molecular complexity index is 593. The SMILES string of the molecule is Nc1cnccc1C(=O)N1CCn2cnnc2C1. The van der Waals surface area contributed by atoms with E-state index >= 15 is 0 Å². The molecule has 0 bridgehead atoms. The van der Waals surface area contributed by atoms with Crippen LogP contribution in [-0.2, 0) is 13.1 Å². The summed E-state index contributed by atoms with van der Waals surface area (Å²) >= 11 is 0. The summed E-state index contributed by atoms with van der Waals surface area (Å²) in [4.78, 5) is 17.9. The Morgan fingerprint density at radius 3 is 3.11 bits per heavy atom. The molecule has 92 valence electrons. The first kappa shape index (κ1) is 10.7. The number of anilines is 1. The maximum atomic E-state index is 12.3. The Morgan fingerprint density at radius 1 is 1.39 bits per heavy atom. The number of hydrogen-bond acceptors (Lipinski definition) is 5. The maximum absolute atomic E-state index is 12.3. The van der Waals surface area contributed by atoms with Gasteiger partial charge in [0.1, 0.15) is 6.33 Å². The molecule has 1 aliphatic rings. The molecule has 1 amide bonds. The lowest BCUT2D eigenvalue weighted by molar-refractivity contribution is 0.0708. The molecular formula is C11H12N6O. The van der Waals surface area contributed by atoms with E-state index in [-0.39, 0.29) is 5.91 Å². The van der Waals surface area contributed by atoms with Crippen LogP contribution in [0.3, 0.4) is 0 Å². The van der Waals surface area contributed by atoms with E-state index in [1.807, 2.05) is 4.57 Å². The maximum Gasteiger partial charge on any atom is 0.256 e. The van der Waals surface area contributed by atoms with Gasteiger partial charge >= 0.3 is 0 Å². The fourth-order valence-corrected chi connectivity index (χ4v) is 2.01. The molecule has 3 heterocycles. The summed E-state index contributed by atoms with van der Waals surface area (Å²) in [7, 11) is 0. The molecule has 2 aromatic rings. The third-order valence-electron chi connectivity index (χ3n) is 3.01. The summed E-state index contributed by atoms with van der Waals surface area (Å²) in [6, 6.07) is 1.64. The quantitative estimate of drug-likeness (QED) is 0.757. The van der Waals surface area contributed by atoms with Crippen LogP contribution in [0.1, 0.15) is 16.2 Å². The second-order valence-electron chi connectivity index (χ2n) is 4.13. The number of amides is 1. The molecule has 0 atom stereocenters. The van der Waals surface area contributed by atoms with Crippen molar-refractivity contribution in [1.82, 2.24) is 24.6 Å². The number of carbonyl (C=O) groups is 1. The highest BCUT2D eigenvalue weighted by molar-refractivity contribution is 5.98. The van der Waals surface area contributed by atoms with Gasteiger partial charge in [0.15, 0.2) is 5.82 Å². The van der Waals surface area contributed by atoms with Gasteiger partial charge in [-0.25, -0.2) is 0 Å². The van der Waals surface area contributed by atoms with Gasteiger partial charge in [0.05, 0.1) is 24.0 Å². The number of nitrogens with two attached hydrogens (primary N) is 1. The van der Waals surface area contributed by atoms with Gasteiger partial charge in [-0.05, 0) is 6.07 Å². The zero-order valence-corrected chi connectivity index (χ0v) is 9.65. The molecule has 0 spiro atoms. The molecule has 1 aliphatic heterocycles.